The zero-order valence-electron chi connectivity index (χ0n) is 6.82. The molecule has 2 heterocycles. The van der Waals surface area contributed by atoms with Crippen LogP contribution in [0.1, 0.15) is 24.5 Å². The summed E-state index contributed by atoms with van der Waals surface area (Å²) in [7, 11) is 0. The van der Waals surface area contributed by atoms with Crippen LogP contribution >= 0.6 is 11.8 Å². The quantitative estimate of drug-likeness (QED) is 0.724. The van der Waals surface area contributed by atoms with Gasteiger partial charge in [0.1, 0.15) is 6.26 Å². The predicted octanol–water partition coefficient (Wildman–Crippen LogP) is 1.87. The first-order valence-electron chi connectivity index (χ1n) is 4.15. The van der Waals surface area contributed by atoms with Crippen molar-refractivity contribution >= 4 is 17.8 Å². The molecule has 0 saturated carbocycles. The van der Waals surface area contributed by atoms with Crippen molar-refractivity contribution < 1.29 is 4.42 Å². The molecular formula is C8H12N2OS. The highest BCUT2D eigenvalue weighted by Crippen LogP contribution is 2.30. The fraction of sp³-hybridized carbons (Fsp3) is 0.625. The van der Waals surface area contributed by atoms with Crippen molar-refractivity contribution in [3.05, 3.63) is 12.0 Å². The molecule has 1 aliphatic rings. The van der Waals surface area contributed by atoms with E-state index in [1.807, 2.05) is 11.8 Å². The third-order valence-corrected chi connectivity index (χ3v) is 3.33. The number of oxazole rings is 1. The molecule has 2 rings (SSSR count). The van der Waals surface area contributed by atoms with Crippen LogP contribution < -0.4 is 5.73 Å². The van der Waals surface area contributed by atoms with E-state index in [4.69, 9.17) is 10.2 Å². The summed E-state index contributed by atoms with van der Waals surface area (Å²) in [5, 5.41) is 0. The molecule has 0 aliphatic carbocycles. The summed E-state index contributed by atoms with van der Waals surface area (Å²) in [4.78, 5) is 4.13. The van der Waals surface area contributed by atoms with Crippen LogP contribution in [0.5, 0.6) is 0 Å². The van der Waals surface area contributed by atoms with E-state index in [2.05, 4.69) is 4.98 Å². The number of nitrogens with zero attached hydrogens (tertiary/aromatic N) is 1. The van der Waals surface area contributed by atoms with Gasteiger partial charge in [0.25, 0.3) is 6.01 Å². The Balaban J connectivity index is 2.08. The molecule has 2 N–H and O–H groups in total. The Kier molecular flexibility index (Phi) is 2.26. The molecule has 66 valence electrons. The number of nitrogen functional groups attached to an aromatic ring is 1. The number of hydrogen-bond acceptors (Lipinski definition) is 4. The first kappa shape index (κ1) is 7.98. The number of nitrogens with two attached hydrogens (primary N) is 1. The minimum atomic E-state index is 0.292. The fourth-order valence-electron chi connectivity index (χ4n) is 1.46. The van der Waals surface area contributed by atoms with Crippen molar-refractivity contribution in [2.45, 2.75) is 18.8 Å². The lowest BCUT2D eigenvalue weighted by Gasteiger charge is -2.18. The zero-order chi connectivity index (χ0) is 8.39. The van der Waals surface area contributed by atoms with E-state index in [-0.39, 0.29) is 0 Å². The fourth-order valence-corrected chi connectivity index (χ4v) is 2.62. The highest BCUT2D eigenvalue weighted by molar-refractivity contribution is 7.99. The average Bonchev–Trinajstić information content (AvgIpc) is 2.54. The maximum absolute atomic E-state index is 5.40. The Hall–Kier alpha value is -0.640. The van der Waals surface area contributed by atoms with Crippen LogP contribution in [-0.4, -0.2) is 16.5 Å². The lowest BCUT2D eigenvalue weighted by molar-refractivity contribution is 0.571. The Morgan fingerprint density at radius 1 is 1.67 bits per heavy atom. The van der Waals surface area contributed by atoms with E-state index >= 15 is 0 Å². The summed E-state index contributed by atoms with van der Waals surface area (Å²) < 4.78 is 4.98. The second kappa shape index (κ2) is 3.39. The molecule has 1 fully saturated rings. The van der Waals surface area contributed by atoms with E-state index in [0.717, 1.165) is 11.4 Å². The summed E-state index contributed by atoms with van der Waals surface area (Å²) in [6.45, 7) is 0. The molecule has 1 aliphatic heterocycles. The highest BCUT2D eigenvalue weighted by atomic mass is 32.2. The van der Waals surface area contributed by atoms with Crippen LogP contribution in [0.4, 0.5) is 6.01 Å². The van der Waals surface area contributed by atoms with E-state index in [9.17, 15) is 0 Å². The molecule has 1 unspecified atom stereocenters. The minimum Gasteiger partial charge on any atom is -0.432 e. The van der Waals surface area contributed by atoms with Crippen LogP contribution in [0.3, 0.4) is 0 Å². The summed E-state index contributed by atoms with van der Waals surface area (Å²) >= 11 is 1.98. The van der Waals surface area contributed by atoms with Gasteiger partial charge in [0.15, 0.2) is 0 Å². The van der Waals surface area contributed by atoms with Gasteiger partial charge in [-0.05, 0) is 18.6 Å². The molecule has 1 atom stereocenters. The number of rotatable bonds is 1. The van der Waals surface area contributed by atoms with Crippen LogP contribution in [-0.2, 0) is 0 Å². The number of anilines is 1. The topological polar surface area (TPSA) is 52.0 Å². The molecule has 0 aromatic carbocycles. The summed E-state index contributed by atoms with van der Waals surface area (Å²) in [6, 6.07) is 0.292. The van der Waals surface area contributed by atoms with Gasteiger partial charge < -0.3 is 10.2 Å². The predicted molar refractivity (Wildman–Crippen MR) is 50.2 cm³/mol. The van der Waals surface area contributed by atoms with Crippen molar-refractivity contribution in [3.8, 4) is 0 Å². The molecule has 0 bridgehead atoms. The Labute approximate surface area is 75.7 Å². The lowest BCUT2D eigenvalue weighted by atomic mass is 10.0. The molecule has 12 heavy (non-hydrogen) atoms. The SMILES string of the molecule is Nc1nc(C2CCCSC2)co1. The molecule has 1 aromatic rings. The summed E-state index contributed by atoms with van der Waals surface area (Å²) in [5.41, 5.74) is 6.43. The van der Waals surface area contributed by atoms with Gasteiger partial charge in [0, 0.05) is 11.7 Å². The third-order valence-electron chi connectivity index (χ3n) is 2.12. The second-order valence-corrected chi connectivity index (χ2v) is 4.17. The molecule has 3 nitrogen and oxygen atoms in total. The number of aromatic nitrogens is 1. The van der Waals surface area contributed by atoms with E-state index in [0.29, 0.717) is 11.9 Å². The van der Waals surface area contributed by atoms with Gasteiger partial charge in [0.2, 0.25) is 0 Å². The highest BCUT2D eigenvalue weighted by Gasteiger charge is 2.18. The second-order valence-electron chi connectivity index (χ2n) is 3.02. The van der Waals surface area contributed by atoms with Gasteiger partial charge in [-0.25, -0.2) is 0 Å². The largest absolute Gasteiger partial charge is 0.432 e. The first-order valence-corrected chi connectivity index (χ1v) is 5.30. The van der Waals surface area contributed by atoms with Crippen molar-refractivity contribution in [3.63, 3.8) is 0 Å². The summed E-state index contributed by atoms with van der Waals surface area (Å²) in [6.07, 6.45) is 4.19. The molecular weight excluding hydrogens is 172 g/mol. The third kappa shape index (κ3) is 1.58. The average molecular weight is 184 g/mol. The van der Waals surface area contributed by atoms with Gasteiger partial charge in [0.05, 0.1) is 5.69 Å². The van der Waals surface area contributed by atoms with Crippen LogP contribution in [0.15, 0.2) is 10.7 Å². The number of hydrogen-bond donors (Lipinski definition) is 1. The molecule has 0 radical (unpaired) electrons. The molecule has 4 heteroatoms. The van der Waals surface area contributed by atoms with Crippen molar-refractivity contribution in [1.82, 2.24) is 4.98 Å². The van der Waals surface area contributed by atoms with Crippen molar-refractivity contribution in [1.29, 1.82) is 0 Å². The maximum Gasteiger partial charge on any atom is 0.292 e. The molecule has 0 spiro atoms. The van der Waals surface area contributed by atoms with Gasteiger partial charge >= 0.3 is 0 Å². The van der Waals surface area contributed by atoms with Crippen molar-refractivity contribution in [2.24, 2.45) is 0 Å². The minimum absolute atomic E-state index is 0.292. The van der Waals surface area contributed by atoms with Crippen LogP contribution in [0.25, 0.3) is 0 Å². The summed E-state index contributed by atoms with van der Waals surface area (Å²) in [5.74, 6) is 3.00. The standard InChI is InChI=1S/C8H12N2OS/c9-8-10-7(4-11-8)6-2-1-3-12-5-6/h4,6H,1-3,5H2,(H2,9,10). The van der Waals surface area contributed by atoms with Crippen LogP contribution in [0, 0.1) is 0 Å². The molecule has 1 saturated heterocycles. The Morgan fingerprint density at radius 3 is 3.17 bits per heavy atom. The van der Waals surface area contributed by atoms with E-state index in [1.54, 1.807) is 6.26 Å². The smallest absolute Gasteiger partial charge is 0.292 e. The normalized spacial score (nSPS) is 24.2. The Morgan fingerprint density at radius 2 is 2.58 bits per heavy atom. The van der Waals surface area contributed by atoms with Gasteiger partial charge in [-0.15, -0.1) is 0 Å². The van der Waals surface area contributed by atoms with Gasteiger partial charge in [-0.1, -0.05) is 0 Å². The zero-order valence-corrected chi connectivity index (χ0v) is 7.64. The van der Waals surface area contributed by atoms with E-state index < -0.39 is 0 Å². The van der Waals surface area contributed by atoms with Crippen LogP contribution in [0.2, 0.25) is 0 Å². The monoisotopic (exact) mass is 184 g/mol. The first-order chi connectivity index (χ1) is 5.86. The lowest BCUT2D eigenvalue weighted by Crippen LogP contribution is -2.08. The van der Waals surface area contributed by atoms with Gasteiger partial charge in [-0.2, -0.15) is 16.7 Å². The van der Waals surface area contributed by atoms with Gasteiger partial charge in [-0.3, -0.25) is 0 Å². The molecule has 0 amide bonds. The van der Waals surface area contributed by atoms with Crippen molar-refractivity contribution in [2.75, 3.05) is 17.2 Å². The molecule has 1 aromatic heterocycles. The maximum atomic E-state index is 5.40. The Bertz CT molecular complexity index is 255. The number of thioether (sulfide) groups is 1. The van der Waals surface area contributed by atoms with E-state index in [1.165, 1.54) is 18.6 Å².